The Labute approximate surface area is 134 Å². The lowest BCUT2D eigenvalue weighted by atomic mass is 9.85. The Morgan fingerprint density at radius 1 is 1.62 bits per heavy atom. The van der Waals surface area contributed by atoms with Crippen molar-refractivity contribution in [2.75, 3.05) is 12.3 Å². The minimum Gasteiger partial charge on any atom is -0.480 e. The predicted octanol–water partition coefficient (Wildman–Crippen LogP) is 2.95. The van der Waals surface area contributed by atoms with E-state index < -0.39 is 11.5 Å². The Balaban J connectivity index is 1.91. The highest BCUT2D eigenvalue weighted by Crippen LogP contribution is 2.39. The second kappa shape index (κ2) is 7.56. The van der Waals surface area contributed by atoms with Crippen LogP contribution < -0.4 is 5.32 Å². The second-order valence-electron chi connectivity index (χ2n) is 5.54. The van der Waals surface area contributed by atoms with Crippen molar-refractivity contribution in [3.8, 4) is 0 Å². The van der Waals surface area contributed by atoms with Crippen LogP contribution in [0, 0.1) is 12.8 Å². The molecule has 0 radical (unpaired) electrons. The topological polar surface area (TPSA) is 75.1 Å². The third kappa shape index (κ3) is 3.96. The van der Waals surface area contributed by atoms with Crippen molar-refractivity contribution in [1.29, 1.82) is 0 Å². The molecule has 0 saturated heterocycles. The highest BCUT2D eigenvalue weighted by molar-refractivity contribution is 8.00. The van der Waals surface area contributed by atoms with Crippen LogP contribution in [0.5, 0.6) is 0 Å². The fourth-order valence-electron chi connectivity index (χ4n) is 3.03. The third-order valence-electron chi connectivity index (χ3n) is 4.09. The zero-order chi connectivity index (χ0) is 15.3. The molecule has 2 atom stereocenters. The number of aromatic nitrogens is 2. The molecule has 1 aromatic heterocycles. The third-order valence-corrected chi connectivity index (χ3v) is 6.05. The molecule has 118 valence electrons. The van der Waals surface area contributed by atoms with E-state index in [4.69, 9.17) is 0 Å². The summed E-state index contributed by atoms with van der Waals surface area (Å²) >= 11 is 3.11. The predicted molar refractivity (Wildman–Crippen MR) is 86.0 cm³/mol. The number of aliphatic carboxylic acids is 1. The number of carboxylic acids is 1. The molecule has 7 heteroatoms. The summed E-state index contributed by atoms with van der Waals surface area (Å²) in [4.78, 5) is 16.1. The van der Waals surface area contributed by atoms with E-state index in [1.165, 1.54) is 11.5 Å². The van der Waals surface area contributed by atoms with E-state index in [-0.39, 0.29) is 5.92 Å². The lowest BCUT2D eigenvalue weighted by Crippen LogP contribution is -2.55. The Kier molecular flexibility index (Phi) is 6.01. The molecule has 0 amide bonds. The molecule has 1 fully saturated rings. The number of aryl methyl sites for hydroxylation is 1. The van der Waals surface area contributed by atoms with Crippen LogP contribution in [0.4, 0.5) is 0 Å². The van der Waals surface area contributed by atoms with Gasteiger partial charge >= 0.3 is 5.97 Å². The summed E-state index contributed by atoms with van der Waals surface area (Å²) in [6.07, 6.45) is 4.61. The molecule has 0 bridgehead atoms. The molecule has 1 heterocycles. The van der Waals surface area contributed by atoms with Crippen molar-refractivity contribution in [3.05, 3.63) is 5.82 Å². The van der Waals surface area contributed by atoms with Crippen LogP contribution in [0.2, 0.25) is 0 Å². The van der Waals surface area contributed by atoms with Crippen molar-refractivity contribution >= 4 is 29.3 Å². The van der Waals surface area contributed by atoms with Crippen LogP contribution in [-0.2, 0) is 4.79 Å². The number of carboxylic acid groups (broad SMARTS) is 1. The van der Waals surface area contributed by atoms with E-state index in [2.05, 4.69) is 21.6 Å². The van der Waals surface area contributed by atoms with Crippen LogP contribution in [0.1, 0.15) is 44.9 Å². The highest BCUT2D eigenvalue weighted by Gasteiger charge is 2.48. The van der Waals surface area contributed by atoms with Gasteiger partial charge in [-0.05, 0) is 56.6 Å². The first-order chi connectivity index (χ1) is 10.1. The molecular formula is C14H23N3O2S2. The maximum Gasteiger partial charge on any atom is 0.324 e. The van der Waals surface area contributed by atoms with E-state index in [0.717, 1.165) is 54.6 Å². The quantitative estimate of drug-likeness (QED) is 0.714. The van der Waals surface area contributed by atoms with Gasteiger partial charge in [0.15, 0.2) is 4.34 Å². The van der Waals surface area contributed by atoms with E-state index in [0.29, 0.717) is 0 Å². The molecule has 21 heavy (non-hydrogen) atoms. The van der Waals surface area contributed by atoms with Crippen molar-refractivity contribution < 1.29 is 9.90 Å². The zero-order valence-corrected chi connectivity index (χ0v) is 14.2. The average molecular weight is 329 g/mol. The van der Waals surface area contributed by atoms with Crippen LogP contribution in [-0.4, -0.2) is 38.3 Å². The summed E-state index contributed by atoms with van der Waals surface area (Å²) in [7, 11) is 0. The molecule has 0 spiro atoms. The summed E-state index contributed by atoms with van der Waals surface area (Å²) in [6.45, 7) is 4.73. The minimum absolute atomic E-state index is 0.211. The maximum atomic E-state index is 11.8. The first kappa shape index (κ1) is 16.7. The first-order valence-corrected chi connectivity index (χ1v) is 9.26. The van der Waals surface area contributed by atoms with Gasteiger partial charge in [0.25, 0.3) is 0 Å². The van der Waals surface area contributed by atoms with Gasteiger partial charge in [0.05, 0.1) is 0 Å². The van der Waals surface area contributed by atoms with Gasteiger partial charge in [-0.3, -0.25) is 4.79 Å². The van der Waals surface area contributed by atoms with Gasteiger partial charge in [-0.2, -0.15) is 4.37 Å². The number of hydrogen-bond acceptors (Lipinski definition) is 6. The summed E-state index contributed by atoms with van der Waals surface area (Å²) in [5.74, 6) is 1.24. The fourth-order valence-corrected chi connectivity index (χ4v) is 4.80. The first-order valence-electron chi connectivity index (χ1n) is 7.50. The zero-order valence-electron chi connectivity index (χ0n) is 12.6. The Morgan fingerprint density at radius 2 is 2.43 bits per heavy atom. The summed E-state index contributed by atoms with van der Waals surface area (Å²) in [6, 6.07) is 0. The van der Waals surface area contributed by atoms with Gasteiger partial charge in [-0.1, -0.05) is 25.1 Å². The second-order valence-corrected chi connectivity index (χ2v) is 7.63. The summed E-state index contributed by atoms with van der Waals surface area (Å²) in [5.41, 5.74) is -0.715. The standard InChI is InChI=1S/C14H23N3O2S2/c1-3-8-15-14(12(18)19)7-4-5-11(14)6-9-20-13-16-10(2)17-21-13/h11,15H,3-9H2,1-2H3,(H,18,19). The smallest absolute Gasteiger partial charge is 0.324 e. The van der Waals surface area contributed by atoms with Crippen molar-refractivity contribution in [2.45, 2.75) is 55.8 Å². The van der Waals surface area contributed by atoms with Gasteiger partial charge in [-0.15, -0.1) is 0 Å². The largest absolute Gasteiger partial charge is 0.480 e. The van der Waals surface area contributed by atoms with Gasteiger partial charge in [0, 0.05) is 5.75 Å². The Hall–Kier alpha value is -0.660. The number of thioether (sulfide) groups is 1. The van der Waals surface area contributed by atoms with E-state index in [1.54, 1.807) is 11.8 Å². The molecule has 0 aromatic carbocycles. The van der Waals surface area contributed by atoms with Gasteiger partial charge < -0.3 is 10.4 Å². The molecule has 1 aliphatic rings. The Bertz CT molecular complexity index is 481. The van der Waals surface area contributed by atoms with Gasteiger partial charge in [0.2, 0.25) is 0 Å². The molecular weight excluding hydrogens is 306 g/mol. The molecule has 1 aliphatic carbocycles. The lowest BCUT2D eigenvalue weighted by Gasteiger charge is -2.32. The lowest BCUT2D eigenvalue weighted by molar-refractivity contribution is -0.146. The van der Waals surface area contributed by atoms with Crippen LogP contribution in [0.15, 0.2) is 4.34 Å². The average Bonchev–Trinajstić information content (AvgIpc) is 3.04. The molecule has 1 saturated carbocycles. The maximum absolute atomic E-state index is 11.8. The molecule has 0 aliphatic heterocycles. The van der Waals surface area contributed by atoms with Crippen molar-refractivity contribution in [1.82, 2.24) is 14.7 Å². The number of hydrogen-bond donors (Lipinski definition) is 2. The normalized spacial score (nSPS) is 25.3. The van der Waals surface area contributed by atoms with Crippen LogP contribution in [0.25, 0.3) is 0 Å². The Morgan fingerprint density at radius 3 is 3.05 bits per heavy atom. The van der Waals surface area contributed by atoms with E-state index in [9.17, 15) is 9.90 Å². The SMILES string of the molecule is CCCNC1(C(=O)O)CCCC1CCSc1nc(C)ns1. The number of nitrogens with one attached hydrogen (secondary N) is 1. The van der Waals surface area contributed by atoms with Crippen LogP contribution >= 0.6 is 23.3 Å². The van der Waals surface area contributed by atoms with E-state index >= 15 is 0 Å². The monoisotopic (exact) mass is 329 g/mol. The molecule has 2 unspecified atom stereocenters. The molecule has 2 N–H and O–H groups in total. The summed E-state index contributed by atoms with van der Waals surface area (Å²) < 4.78 is 5.15. The van der Waals surface area contributed by atoms with Gasteiger partial charge in [0.1, 0.15) is 11.4 Å². The number of carbonyl (C=O) groups is 1. The number of rotatable bonds is 8. The van der Waals surface area contributed by atoms with Crippen LogP contribution in [0.3, 0.4) is 0 Å². The highest BCUT2D eigenvalue weighted by atomic mass is 32.2. The fraction of sp³-hybridized carbons (Fsp3) is 0.786. The van der Waals surface area contributed by atoms with Gasteiger partial charge in [-0.25, -0.2) is 4.98 Å². The number of nitrogens with zero attached hydrogens (tertiary/aromatic N) is 2. The molecule has 2 rings (SSSR count). The molecule has 5 nitrogen and oxygen atoms in total. The van der Waals surface area contributed by atoms with Crippen molar-refractivity contribution in [2.24, 2.45) is 5.92 Å². The summed E-state index contributed by atoms with van der Waals surface area (Å²) in [5, 5.41) is 13.0. The van der Waals surface area contributed by atoms with Crippen molar-refractivity contribution in [3.63, 3.8) is 0 Å². The van der Waals surface area contributed by atoms with E-state index in [1.807, 2.05) is 6.92 Å². The minimum atomic E-state index is -0.715. The molecule has 1 aromatic rings.